The molecule has 0 aromatic rings. The van der Waals surface area contributed by atoms with Gasteiger partial charge in [-0.3, -0.25) is 4.90 Å². The molecule has 1 N–H and O–H groups in total. The zero-order valence-electron chi connectivity index (χ0n) is 12.5. The number of hydrogen-bond donors (Lipinski definition) is 1. The Hall–Kier alpha value is -0.0800. The van der Waals surface area contributed by atoms with Crippen molar-refractivity contribution in [2.45, 2.75) is 78.4 Å². The predicted molar refractivity (Wildman–Crippen MR) is 76.4 cm³/mol. The van der Waals surface area contributed by atoms with Gasteiger partial charge in [-0.2, -0.15) is 0 Å². The fraction of sp³-hybridized carbons (Fsp3) is 1.00. The first-order valence-electron chi connectivity index (χ1n) is 7.63. The van der Waals surface area contributed by atoms with Gasteiger partial charge in [-0.05, 0) is 45.6 Å². The van der Waals surface area contributed by atoms with Crippen molar-refractivity contribution in [1.29, 1.82) is 0 Å². The van der Waals surface area contributed by atoms with Crippen molar-refractivity contribution in [1.82, 2.24) is 10.2 Å². The number of nitrogens with one attached hydrogen (secondary N) is 1. The normalized spacial score (nSPS) is 30.2. The Morgan fingerprint density at radius 2 is 1.94 bits per heavy atom. The van der Waals surface area contributed by atoms with E-state index in [-0.39, 0.29) is 0 Å². The monoisotopic (exact) mass is 240 g/mol. The molecule has 1 aliphatic heterocycles. The molecule has 0 saturated carbocycles. The highest BCUT2D eigenvalue weighted by Crippen LogP contribution is 2.27. The molecule has 2 heteroatoms. The SMILES string of the molecule is CCNC(CC)C(C)N1CC(CC)CCC1C. The molecule has 1 aliphatic rings. The van der Waals surface area contributed by atoms with E-state index in [0.717, 1.165) is 18.5 Å². The molecule has 17 heavy (non-hydrogen) atoms. The van der Waals surface area contributed by atoms with Gasteiger partial charge in [-0.25, -0.2) is 0 Å². The number of piperidine rings is 1. The molecule has 0 bridgehead atoms. The van der Waals surface area contributed by atoms with Gasteiger partial charge in [-0.1, -0.05) is 27.2 Å². The van der Waals surface area contributed by atoms with E-state index in [1.54, 1.807) is 0 Å². The number of likely N-dealkylation sites (N-methyl/N-ethyl adjacent to an activating group) is 1. The van der Waals surface area contributed by atoms with Gasteiger partial charge in [0.2, 0.25) is 0 Å². The summed E-state index contributed by atoms with van der Waals surface area (Å²) in [5.74, 6) is 0.924. The molecule has 0 aliphatic carbocycles. The Bertz CT molecular complexity index is 205. The summed E-state index contributed by atoms with van der Waals surface area (Å²) < 4.78 is 0. The average molecular weight is 240 g/mol. The Morgan fingerprint density at radius 3 is 2.47 bits per heavy atom. The maximum Gasteiger partial charge on any atom is 0.0223 e. The second-order valence-electron chi connectivity index (χ2n) is 5.71. The van der Waals surface area contributed by atoms with Crippen LogP contribution in [-0.2, 0) is 0 Å². The van der Waals surface area contributed by atoms with Gasteiger partial charge in [0.05, 0.1) is 0 Å². The van der Waals surface area contributed by atoms with Crippen LogP contribution in [0.5, 0.6) is 0 Å². The van der Waals surface area contributed by atoms with E-state index in [9.17, 15) is 0 Å². The summed E-state index contributed by atoms with van der Waals surface area (Å²) in [6, 6.07) is 2.09. The summed E-state index contributed by atoms with van der Waals surface area (Å²) >= 11 is 0. The maximum absolute atomic E-state index is 3.64. The van der Waals surface area contributed by atoms with Crippen LogP contribution in [0.2, 0.25) is 0 Å². The predicted octanol–water partition coefficient (Wildman–Crippen LogP) is 3.27. The van der Waals surface area contributed by atoms with Crippen LogP contribution in [0.3, 0.4) is 0 Å². The molecule has 1 fully saturated rings. The summed E-state index contributed by atoms with van der Waals surface area (Å²) in [5.41, 5.74) is 0. The molecule has 0 radical (unpaired) electrons. The molecule has 1 heterocycles. The smallest absolute Gasteiger partial charge is 0.0223 e. The van der Waals surface area contributed by atoms with E-state index in [4.69, 9.17) is 0 Å². The fourth-order valence-corrected chi connectivity index (χ4v) is 3.26. The van der Waals surface area contributed by atoms with Crippen LogP contribution in [0.25, 0.3) is 0 Å². The Kier molecular flexibility index (Phi) is 6.50. The first-order chi connectivity index (χ1) is 8.13. The van der Waals surface area contributed by atoms with E-state index < -0.39 is 0 Å². The van der Waals surface area contributed by atoms with Gasteiger partial charge in [-0.15, -0.1) is 0 Å². The molecule has 102 valence electrons. The minimum Gasteiger partial charge on any atom is -0.313 e. The third-order valence-electron chi connectivity index (χ3n) is 4.62. The molecule has 1 rings (SSSR count). The number of hydrogen-bond acceptors (Lipinski definition) is 2. The Balaban J connectivity index is 2.60. The van der Waals surface area contributed by atoms with Crippen molar-refractivity contribution in [2.75, 3.05) is 13.1 Å². The fourth-order valence-electron chi connectivity index (χ4n) is 3.26. The number of rotatable bonds is 6. The first kappa shape index (κ1) is 15.0. The van der Waals surface area contributed by atoms with Gasteiger partial charge in [0.15, 0.2) is 0 Å². The van der Waals surface area contributed by atoms with Crippen molar-refractivity contribution in [3.63, 3.8) is 0 Å². The minimum absolute atomic E-state index is 0.651. The van der Waals surface area contributed by atoms with Crippen LogP contribution in [0.4, 0.5) is 0 Å². The molecule has 4 unspecified atom stereocenters. The van der Waals surface area contributed by atoms with Crippen molar-refractivity contribution >= 4 is 0 Å². The summed E-state index contributed by atoms with van der Waals surface area (Å²) in [5, 5.41) is 3.64. The first-order valence-corrected chi connectivity index (χ1v) is 7.63. The second-order valence-corrected chi connectivity index (χ2v) is 5.71. The topological polar surface area (TPSA) is 15.3 Å². The zero-order valence-corrected chi connectivity index (χ0v) is 12.5. The van der Waals surface area contributed by atoms with Crippen molar-refractivity contribution < 1.29 is 0 Å². The minimum atomic E-state index is 0.651. The Morgan fingerprint density at radius 1 is 1.24 bits per heavy atom. The van der Waals surface area contributed by atoms with E-state index in [0.29, 0.717) is 12.1 Å². The quantitative estimate of drug-likeness (QED) is 0.766. The van der Waals surface area contributed by atoms with Crippen molar-refractivity contribution in [3.05, 3.63) is 0 Å². The molecule has 0 amide bonds. The van der Waals surface area contributed by atoms with Crippen LogP contribution < -0.4 is 5.32 Å². The zero-order chi connectivity index (χ0) is 12.8. The summed E-state index contributed by atoms with van der Waals surface area (Å²) in [7, 11) is 0. The molecule has 0 spiro atoms. The summed E-state index contributed by atoms with van der Waals surface area (Å²) in [4.78, 5) is 2.74. The third kappa shape index (κ3) is 3.96. The summed E-state index contributed by atoms with van der Waals surface area (Å²) in [6.07, 6.45) is 5.38. The van der Waals surface area contributed by atoms with Gasteiger partial charge in [0.1, 0.15) is 0 Å². The second kappa shape index (κ2) is 7.38. The lowest BCUT2D eigenvalue weighted by Gasteiger charge is -2.44. The molecule has 2 nitrogen and oxygen atoms in total. The lowest BCUT2D eigenvalue weighted by Crippen LogP contribution is -2.54. The molecule has 0 aromatic heterocycles. The highest BCUT2D eigenvalue weighted by atomic mass is 15.2. The van der Waals surface area contributed by atoms with E-state index >= 15 is 0 Å². The highest BCUT2D eigenvalue weighted by molar-refractivity contribution is 4.87. The van der Waals surface area contributed by atoms with Crippen molar-refractivity contribution in [3.8, 4) is 0 Å². The van der Waals surface area contributed by atoms with Gasteiger partial charge in [0, 0.05) is 24.7 Å². The number of nitrogens with zero attached hydrogens (tertiary/aromatic N) is 1. The molecule has 0 aromatic carbocycles. The molecule has 1 saturated heterocycles. The average Bonchev–Trinajstić information content (AvgIpc) is 2.35. The van der Waals surface area contributed by atoms with Gasteiger partial charge in [0.25, 0.3) is 0 Å². The van der Waals surface area contributed by atoms with Crippen LogP contribution in [0.15, 0.2) is 0 Å². The molecular weight excluding hydrogens is 208 g/mol. The number of likely N-dealkylation sites (tertiary alicyclic amines) is 1. The standard InChI is InChI=1S/C15H32N2/c1-6-14-10-9-12(4)17(11-14)13(5)15(7-2)16-8-3/h12-16H,6-11H2,1-5H3. The highest BCUT2D eigenvalue weighted by Gasteiger charge is 2.30. The summed E-state index contributed by atoms with van der Waals surface area (Å²) in [6.45, 7) is 14.1. The van der Waals surface area contributed by atoms with Crippen LogP contribution in [0.1, 0.15) is 60.3 Å². The van der Waals surface area contributed by atoms with E-state index in [2.05, 4.69) is 44.8 Å². The lowest BCUT2D eigenvalue weighted by molar-refractivity contribution is 0.0589. The Labute approximate surface area is 108 Å². The van der Waals surface area contributed by atoms with Crippen molar-refractivity contribution in [2.24, 2.45) is 5.92 Å². The molecule has 4 atom stereocenters. The molecular formula is C15H32N2. The van der Waals surface area contributed by atoms with Gasteiger partial charge >= 0.3 is 0 Å². The van der Waals surface area contributed by atoms with Crippen LogP contribution in [0, 0.1) is 5.92 Å². The largest absolute Gasteiger partial charge is 0.313 e. The third-order valence-corrected chi connectivity index (χ3v) is 4.62. The van der Waals surface area contributed by atoms with Crippen LogP contribution >= 0.6 is 0 Å². The van der Waals surface area contributed by atoms with E-state index in [1.165, 1.54) is 32.2 Å². The van der Waals surface area contributed by atoms with E-state index in [1.807, 2.05) is 0 Å². The maximum atomic E-state index is 3.64. The van der Waals surface area contributed by atoms with Gasteiger partial charge < -0.3 is 5.32 Å². The lowest BCUT2D eigenvalue weighted by atomic mass is 9.89. The van der Waals surface area contributed by atoms with Crippen LogP contribution in [-0.4, -0.2) is 36.1 Å².